The van der Waals surface area contributed by atoms with Gasteiger partial charge in [-0.1, -0.05) is 19.9 Å². The van der Waals surface area contributed by atoms with Gasteiger partial charge >= 0.3 is 0 Å². The van der Waals surface area contributed by atoms with Crippen LogP contribution in [-0.2, 0) is 10.0 Å². The summed E-state index contributed by atoms with van der Waals surface area (Å²) in [5, 5.41) is 10.9. The van der Waals surface area contributed by atoms with Crippen molar-refractivity contribution in [1.82, 2.24) is 4.31 Å². The largest absolute Gasteiger partial charge is 0.330 e. The molecule has 0 radical (unpaired) electrons. The van der Waals surface area contributed by atoms with Crippen molar-refractivity contribution in [3.05, 3.63) is 33.9 Å². The van der Waals surface area contributed by atoms with Crippen molar-refractivity contribution in [3.63, 3.8) is 0 Å². The molecule has 0 aliphatic carbocycles. The van der Waals surface area contributed by atoms with Crippen molar-refractivity contribution in [3.8, 4) is 0 Å². The van der Waals surface area contributed by atoms with Gasteiger partial charge < -0.3 is 5.73 Å². The number of hydrogen-bond donors (Lipinski definition) is 1. The average molecular weight is 315 g/mol. The summed E-state index contributed by atoms with van der Waals surface area (Å²) in [6.07, 6.45) is 0. The van der Waals surface area contributed by atoms with Crippen LogP contribution < -0.4 is 5.73 Å². The first-order chi connectivity index (χ1) is 9.53. The molecule has 1 rings (SSSR count). The number of nitrogens with two attached hydrogens (primary N) is 1. The number of rotatable bonds is 6. The third-order valence-corrected chi connectivity index (χ3v) is 5.29. The normalized spacial score (nSPS) is 12.7. The molecule has 0 aromatic heterocycles. The average Bonchev–Trinajstić information content (AvgIpc) is 2.37. The van der Waals surface area contributed by atoms with E-state index in [2.05, 4.69) is 0 Å². The van der Waals surface area contributed by atoms with Crippen molar-refractivity contribution in [2.45, 2.75) is 25.7 Å². The zero-order valence-corrected chi connectivity index (χ0v) is 13.5. The standard InChI is InChI=1S/C13H21N3O4S/c1-10-11(16(17)18)6-5-7-12(10)21(19,20)15(4)9-13(2,3)8-14/h5-7H,8-9,14H2,1-4H3. The molecule has 0 heterocycles. The lowest BCUT2D eigenvalue weighted by molar-refractivity contribution is -0.385. The van der Waals surface area contributed by atoms with E-state index in [1.54, 1.807) is 0 Å². The highest BCUT2D eigenvalue weighted by Gasteiger charge is 2.30. The monoisotopic (exact) mass is 315 g/mol. The lowest BCUT2D eigenvalue weighted by Gasteiger charge is -2.28. The van der Waals surface area contributed by atoms with Gasteiger partial charge in [0.2, 0.25) is 10.0 Å². The van der Waals surface area contributed by atoms with Crippen molar-refractivity contribution >= 4 is 15.7 Å². The molecule has 0 spiro atoms. The third kappa shape index (κ3) is 3.78. The van der Waals surface area contributed by atoms with Crippen molar-refractivity contribution in [2.75, 3.05) is 20.1 Å². The molecular formula is C13H21N3O4S. The number of hydrogen-bond acceptors (Lipinski definition) is 5. The molecule has 0 bridgehead atoms. The van der Waals surface area contributed by atoms with Gasteiger partial charge in [-0.15, -0.1) is 0 Å². The fraction of sp³-hybridized carbons (Fsp3) is 0.538. The van der Waals surface area contributed by atoms with E-state index in [9.17, 15) is 18.5 Å². The van der Waals surface area contributed by atoms with E-state index in [0.717, 1.165) is 0 Å². The summed E-state index contributed by atoms with van der Waals surface area (Å²) in [5.74, 6) is 0. The van der Waals surface area contributed by atoms with Gasteiger partial charge in [0.15, 0.2) is 0 Å². The van der Waals surface area contributed by atoms with Crippen LogP contribution in [0, 0.1) is 22.5 Å². The summed E-state index contributed by atoms with van der Waals surface area (Å²) in [4.78, 5) is 10.3. The van der Waals surface area contributed by atoms with Gasteiger partial charge in [0.1, 0.15) is 0 Å². The predicted octanol–water partition coefficient (Wildman–Crippen LogP) is 1.51. The van der Waals surface area contributed by atoms with Gasteiger partial charge in [-0.3, -0.25) is 10.1 Å². The summed E-state index contributed by atoms with van der Waals surface area (Å²) < 4.78 is 26.4. The molecule has 1 aromatic carbocycles. The molecule has 0 saturated heterocycles. The molecule has 0 fully saturated rings. The van der Waals surface area contributed by atoms with Crippen LogP contribution in [0.2, 0.25) is 0 Å². The Morgan fingerprint density at radius 2 is 1.95 bits per heavy atom. The van der Waals surface area contributed by atoms with Crippen molar-refractivity contribution in [1.29, 1.82) is 0 Å². The first-order valence-corrected chi connectivity index (χ1v) is 7.87. The summed E-state index contributed by atoms with van der Waals surface area (Å²) >= 11 is 0. The molecular weight excluding hydrogens is 294 g/mol. The summed E-state index contributed by atoms with van der Waals surface area (Å²) in [7, 11) is -2.35. The highest BCUT2D eigenvalue weighted by Crippen LogP contribution is 2.28. The minimum Gasteiger partial charge on any atom is -0.330 e. The Bertz CT molecular complexity index is 641. The third-order valence-electron chi connectivity index (χ3n) is 3.34. The van der Waals surface area contributed by atoms with Gasteiger partial charge in [-0.2, -0.15) is 0 Å². The van der Waals surface area contributed by atoms with Gasteiger partial charge in [-0.25, -0.2) is 12.7 Å². The molecule has 0 atom stereocenters. The molecule has 0 aliphatic rings. The van der Waals surface area contributed by atoms with Gasteiger partial charge in [0.05, 0.1) is 9.82 Å². The lowest BCUT2D eigenvalue weighted by atomic mass is 9.94. The molecule has 0 saturated carbocycles. The van der Waals surface area contributed by atoms with E-state index in [1.165, 1.54) is 36.5 Å². The van der Waals surface area contributed by atoms with Crippen molar-refractivity contribution < 1.29 is 13.3 Å². The van der Waals surface area contributed by atoms with Crippen LogP contribution in [0.4, 0.5) is 5.69 Å². The fourth-order valence-corrected chi connectivity index (χ4v) is 3.60. The zero-order chi connectivity index (χ0) is 16.4. The molecule has 0 aliphatic heterocycles. The second kappa shape index (κ2) is 6.08. The van der Waals surface area contributed by atoms with Crippen molar-refractivity contribution in [2.24, 2.45) is 11.1 Å². The lowest BCUT2D eigenvalue weighted by Crippen LogP contribution is -2.39. The van der Waals surface area contributed by atoms with Crippen LogP contribution in [0.1, 0.15) is 19.4 Å². The number of nitrogens with zero attached hydrogens (tertiary/aromatic N) is 2. The maximum Gasteiger partial charge on any atom is 0.273 e. The maximum atomic E-state index is 12.6. The molecule has 2 N–H and O–H groups in total. The van der Waals surface area contributed by atoms with Crippen LogP contribution in [0.5, 0.6) is 0 Å². The predicted molar refractivity (Wildman–Crippen MR) is 80.5 cm³/mol. The topological polar surface area (TPSA) is 107 Å². The number of nitro benzene ring substituents is 1. The number of benzene rings is 1. The Morgan fingerprint density at radius 3 is 2.43 bits per heavy atom. The first kappa shape index (κ1) is 17.5. The number of nitro groups is 1. The van der Waals surface area contributed by atoms with E-state index in [4.69, 9.17) is 5.73 Å². The van der Waals surface area contributed by atoms with E-state index >= 15 is 0 Å². The summed E-state index contributed by atoms with van der Waals surface area (Å²) in [6, 6.07) is 4.04. The highest BCUT2D eigenvalue weighted by molar-refractivity contribution is 7.89. The molecule has 0 amide bonds. The number of sulfonamides is 1. The minimum absolute atomic E-state index is 0.0491. The summed E-state index contributed by atoms with van der Waals surface area (Å²) in [6.45, 7) is 5.72. The first-order valence-electron chi connectivity index (χ1n) is 6.43. The Labute approximate surface area is 124 Å². The van der Waals surface area contributed by atoms with Crippen LogP contribution >= 0.6 is 0 Å². The molecule has 1 aromatic rings. The molecule has 21 heavy (non-hydrogen) atoms. The molecule has 0 unspecified atom stereocenters. The zero-order valence-electron chi connectivity index (χ0n) is 12.7. The summed E-state index contributed by atoms with van der Waals surface area (Å²) in [5.41, 5.74) is 5.17. The van der Waals surface area contributed by atoms with Crippen LogP contribution in [0.15, 0.2) is 23.1 Å². The van der Waals surface area contributed by atoms with Crippen LogP contribution in [-0.4, -0.2) is 37.8 Å². The Hall–Kier alpha value is -1.51. The van der Waals surface area contributed by atoms with E-state index < -0.39 is 14.9 Å². The second-order valence-corrected chi connectivity index (χ2v) is 7.80. The van der Waals surface area contributed by atoms with Gasteiger partial charge in [0, 0.05) is 25.2 Å². The van der Waals surface area contributed by atoms with E-state index in [1.807, 2.05) is 13.8 Å². The van der Waals surface area contributed by atoms with Crippen LogP contribution in [0.3, 0.4) is 0 Å². The molecule has 7 nitrogen and oxygen atoms in total. The van der Waals surface area contributed by atoms with E-state index in [0.29, 0.717) is 6.54 Å². The molecule has 8 heteroatoms. The highest BCUT2D eigenvalue weighted by atomic mass is 32.2. The smallest absolute Gasteiger partial charge is 0.273 e. The second-order valence-electron chi connectivity index (χ2n) is 5.79. The Morgan fingerprint density at radius 1 is 1.38 bits per heavy atom. The Balaban J connectivity index is 3.26. The maximum absolute atomic E-state index is 12.6. The van der Waals surface area contributed by atoms with E-state index in [-0.39, 0.29) is 28.1 Å². The van der Waals surface area contributed by atoms with Gasteiger partial charge in [-0.05, 0) is 24.9 Å². The fourth-order valence-electron chi connectivity index (χ4n) is 2.00. The van der Waals surface area contributed by atoms with Crippen LogP contribution in [0.25, 0.3) is 0 Å². The minimum atomic E-state index is -3.80. The Kier molecular flexibility index (Phi) is 5.08. The SMILES string of the molecule is Cc1c([N+](=O)[O-])cccc1S(=O)(=O)N(C)CC(C)(C)CN. The molecule has 118 valence electrons. The quantitative estimate of drug-likeness (QED) is 0.632. The van der Waals surface area contributed by atoms with Gasteiger partial charge in [0.25, 0.3) is 5.69 Å².